The molecule has 0 spiro atoms. The van der Waals surface area contributed by atoms with Gasteiger partial charge in [-0.1, -0.05) is 27.7 Å². The Balaban J connectivity index is 0.00000242. The van der Waals surface area contributed by atoms with Gasteiger partial charge >= 0.3 is 0 Å². The molecule has 0 aliphatic carbocycles. The molecular weight excluding hydrogens is 340 g/mol. The van der Waals surface area contributed by atoms with E-state index in [1.165, 1.54) is 11.3 Å². The summed E-state index contributed by atoms with van der Waals surface area (Å²) < 4.78 is 28.1. The van der Waals surface area contributed by atoms with Crippen molar-refractivity contribution in [1.82, 2.24) is 9.62 Å². The number of hydrogen-bond donors (Lipinski definition) is 1. The normalized spacial score (nSPS) is 19.4. The van der Waals surface area contributed by atoms with E-state index in [0.717, 1.165) is 30.8 Å². The van der Waals surface area contributed by atoms with Gasteiger partial charge in [0.2, 0.25) is 0 Å². The molecule has 7 heteroatoms. The largest absolute Gasteiger partial charge is 0.315 e. The van der Waals surface area contributed by atoms with E-state index in [-0.39, 0.29) is 23.9 Å². The Morgan fingerprint density at radius 2 is 2.05 bits per heavy atom. The molecule has 4 nitrogen and oxygen atoms in total. The van der Waals surface area contributed by atoms with Gasteiger partial charge in [-0.3, -0.25) is 0 Å². The van der Waals surface area contributed by atoms with Crippen molar-refractivity contribution in [2.24, 2.45) is 0 Å². The summed E-state index contributed by atoms with van der Waals surface area (Å²) in [6, 6.07) is 3.82. The van der Waals surface area contributed by atoms with E-state index in [0.29, 0.717) is 10.8 Å². The van der Waals surface area contributed by atoms with E-state index in [1.807, 2.05) is 13.0 Å². The van der Waals surface area contributed by atoms with Gasteiger partial charge in [-0.15, -0.1) is 23.7 Å². The molecule has 22 heavy (non-hydrogen) atoms. The second-order valence-electron chi connectivity index (χ2n) is 6.63. The summed E-state index contributed by atoms with van der Waals surface area (Å²) in [7, 11) is -3.37. The Morgan fingerprint density at radius 3 is 2.50 bits per heavy atom. The van der Waals surface area contributed by atoms with E-state index in [1.54, 1.807) is 10.4 Å². The molecule has 0 bridgehead atoms. The summed E-state index contributed by atoms with van der Waals surface area (Å²) in [6.45, 7) is 10.6. The van der Waals surface area contributed by atoms with Crippen molar-refractivity contribution in [3.05, 3.63) is 17.0 Å². The molecule has 2 heterocycles. The molecule has 0 saturated carbocycles. The summed E-state index contributed by atoms with van der Waals surface area (Å²) in [5.74, 6) is 0. The number of nitrogens with one attached hydrogen (secondary N) is 1. The fraction of sp³-hybridized carbons (Fsp3) is 0.733. The molecular formula is C15H27ClN2O2S2. The maximum atomic E-state index is 13.0. The first-order valence-electron chi connectivity index (χ1n) is 7.59. The van der Waals surface area contributed by atoms with Gasteiger partial charge in [0.25, 0.3) is 10.0 Å². The zero-order chi connectivity index (χ0) is 15.7. The van der Waals surface area contributed by atoms with E-state index < -0.39 is 10.0 Å². The van der Waals surface area contributed by atoms with Crippen molar-refractivity contribution in [2.45, 2.75) is 56.2 Å². The predicted octanol–water partition coefficient (Wildman–Crippen LogP) is 3.23. The lowest BCUT2D eigenvalue weighted by Crippen LogP contribution is -2.41. The highest BCUT2D eigenvalue weighted by Crippen LogP contribution is 2.34. The molecule has 1 fully saturated rings. The van der Waals surface area contributed by atoms with Gasteiger partial charge in [0, 0.05) is 24.0 Å². The molecule has 0 radical (unpaired) electrons. The Labute approximate surface area is 144 Å². The average Bonchev–Trinajstić information content (AvgIpc) is 3.05. The van der Waals surface area contributed by atoms with Crippen LogP contribution in [0.1, 0.15) is 45.4 Å². The highest BCUT2D eigenvalue weighted by atomic mass is 35.5. The van der Waals surface area contributed by atoms with Crippen LogP contribution in [0.4, 0.5) is 0 Å². The van der Waals surface area contributed by atoms with Crippen LogP contribution in [0.15, 0.2) is 16.3 Å². The minimum atomic E-state index is -3.37. The van der Waals surface area contributed by atoms with Gasteiger partial charge in [0.1, 0.15) is 4.21 Å². The molecule has 1 aliphatic rings. The van der Waals surface area contributed by atoms with Crippen molar-refractivity contribution in [1.29, 1.82) is 0 Å². The highest BCUT2D eigenvalue weighted by molar-refractivity contribution is 7.91. The van der Waals surface area contributed by atoms with Crippen molar-refractivity contribution < 1.29 is 8.42 Å². The van der Waals surface area contributed by atoms with Crippen molar-refractivity contribution in [3.63, 3.8) is 0 Å². The topological polar surface area (TPSA) is 49.4 Å². The summed E-state index contributed by atoms with van der Waals surface area (Å²) in [4.78, 5) is 1.11. The smallest absolute Gasteiger partial charge is 0.252 e. The molecule has 2 rings (SSSR count). The first-order valence-corrected chi connectivity index (χ1v) is 9.85. The highest BCUT2D eigenvalue weighted by Gasteiger charge is 2.34. The lowest BCUT2D eigenvalue weighted by molar-refractivity contribution is 0.336. The molecule has 1 saturated heterocycles. The minimum absolute atomic E-state index is 0. The Bertz CT molecular complexity index is 573. The molecule has 0 aromatic carbocycles. The third-order valence-electron chi connectivity index (χ3n) is 3.77. The molecule has 0 amide bonds. The standard InChI is InChI=1S/C15H26N2O2S2.ClH/c1-5-10-17(12-8-9-16-11-12)21(18,19)14-7-6-13(20-14)15(2,3)4;/h6-7,12,16H,5,8-11H2,1-4H3;1H. The maximum absolute atomic E-state index is 13.0. The first-order chi connectivity index (χ1) is 9.76. The fourth-order valence-electron chi connectivity index (χ4n) is 2.58. The van der Waals surface area contributed by atoms with Crippen LogP contribution in [0.5, 0.6) is 0 Å². The van der Waals surface area contributed by atoms with Crippen molar-refractivity contribution in [3.8, 4) is 0 Å². The number of rotatable bonds is 5. The average molecular weight is 367 g/mol. The third kappa shape index (κ3) is 4.23. The van der Waals surface area contributed by atoms with Gasteiger partial charge < -0.3 is 5.32 Å². The predicted molar refractivity (Wildman–Crippen MR) is 95.7 cm³/mol. The van der Waals surface area contributed by atoms with Gasteiger partial charge in [-0.25, -0.2) is 8.42 Å². The summed E-state index contributed by atoms with van der Waals surface area (Å²) in [5.41, 5.74) is -0.0110. The number of nitrogens with zero attached hydrogens (tertiary/aromatic N) is 1. The molecule has 1 aromatic rings. The number of sulfonamides is 1. The lowest BCUT2D eigenvalue weighted by Gasteiger charge is -2.26. The van der Waals surface area contributed by atoms with Gasteiger partial charge in [0.15, 0.2) is 0 Å². The van der Waals surface area contributed by atoms with Crippen LogP contribution in [0, 0.1) is 0 Å². The zero-order valence-electron chi connectivity index (χ0n) is 13.8. The number of thiophene rings is 1. The van der Waals surface area contributed by atoms with Gasteiger partial charge in [0.05, 0.1) is 0 Å². The number of hydrogen-bond acceptors (Lipinski definition) is 4. The van der Waals surface area contributed by atoms with Gasteiger partial charge in [-0.2, -0.15) is 4.31 Å². The molecule has 1 aromatic heterocycles. The molecule has 1 N–H and O–H groups in total. The van der Waals surface area contributed by atoms with Crippen LogP contribution >= 0.6 is 23.7 Å². The quantitative estimate of drug-likeness (QED) is 0.870. The first kappa shape index (κ1) is 19.9. The van der Waals surface area contributed by atoms with E-state index >= 15 is 0 Å². The van der Waals surface area contributed by atoms with E-state index in [9.17, 15) is 8.42 Å². The Morgan fingerprint density at radius 1 is 1.36 bits per heavy atom. The van der Waals surface area contributed by atoms with Crippen molar-refractivity contribution >= 4 is 33.8 Å². The fourth-order valence-corrected chi connectivity index (χ4v) is 5.82. The second kappa shape index (κ2) is 7.62. The van der Waals surface area contributed by atoms with Crippen LogP contribution < -0.4 is 5.32 Å². The second-order valence-corrected chi connectivity index (χ2v) is 9.83. The van der Waals surface area contributed by atoms with E-state index in [2.05, 4.69) is 26.1 Å². The van der Waals surface area contributed by atoms with Crippen LogP contribution in [0.2, 0.25) is 0 Å². The van der Waals surface area contributed by atoms with Crippen LogP contribution in [0.25, 0.3) is 0 Å². The Hall–Kier alpha value is -0.140. The third-order valence-corrected chi connectivity index (χ3v) is 7.70. The zero-order valence-corrected chi connectivity index (χ0v) is 16.2. The molecule has 1 unspecified atom stereocenters. The van der Waals surface area contributed by atoms with Gasteiger partial charge in [-0.05, 0) is 36.9 Å². The van der Waals surface area contributed by atoms with Crippen LogP contribution in [-0.2, 0) is 15.4 Å². The maximum Gasteiger partial charge on any atom is 0.252 e. The van der Waals surface area contributed by atoms with Crippen LogP contribution in [0.3, 0.4) is 0 Å². The molecule has 128 valence electrons. The minimum Gasteiger partial charge on any atom is -0.315 e. The van der Waals surface area contributed by atoms with Crippen molar-refractivity contribution in [2.75, 3.05) is 19.6 Å². The number of halogens is 1. The Kier molecular flexibility index (Phi) is 6.89. The molecule has 1 atom stereocenters. The molecule has 1 aliphatic heterocycles. The van der Waals surface area contributed by atoms with E-state index in [4.69, 9.17) is 0 Å². The lowest BCUT2D eigenvalue weighted by atomic mass is 9.95. The SMILES string of the molecule is CCCN(C1CCNC1)S(=O)(=O)c1ccc(C(C)(C)C)s1.Cl. The monoisotopic (exact) mass is 366 g/mol. The van der Waals surface area contributed by atoms with Crippen LogP contribution in [-0.4, -0.2) is 38.4 Å². The summed E-state index contributed by atoms with van der Waals surface area (Å²) >= 11 is 1.41. The summed E-state index contributed by atoms with van der Waals surface area (Å²) in [5, 5.41) is 3.26. The summed E-state index contributed by atoms with van der Waals surface area (Å²) in [6.07, 6.45) is 1.74.